The highest BCUT2D eigenvalue weighted by Gasteiger charge is 2.26. The number of carbonyl (C=O) groups excluding carboxylic acids is 1. The maximum Gasteiger partial charge on any atom is 0.410 e. The lowest BCUT2D eigenvalue weighted by atomic mass is 10.2. The highest BCUT2D eigenvalue weighted by atomic mass is 16.6. The van der Waals surface area contributed by atoms with Gasteiger partial charge in [-0.05, 0) is 26.8 Å². The van der Waals surface area contributed by atoms with Crippen molar-refractivity contribution in [2.45, 2.75) is 26.4 Å². The fraction of sp³-hybridized carbons (Fsp3) is 0.615. The normalized spacial score (nSPS) is 16.1. The molecule has 0 aliphatic carbocycles. The van der Waals surface area contributed by atoms with Gasteiger partial charge in [-0.3, -0.25) is 0 Å². The zero-order valence-electron chi connectivity index (χ0n) is 12.2. The Morgan fingerprint density at radius 1 is 1.30 bits per heavy atom. The minimum atomic E-state index is -0.467. The Morgan fingerprint density at radius 2 is 1.95 bits per heavy atom. The van der Waals surface area contributed by atoms with Gasteiger partial charge in [0.25, 0.3) is 0 Å². The quantitative estimate of drug-likeness (QED) is 0.829. The van der Waals surface area contributed by atoms with Crippen molar-refractivity contribution >= 4 is 17.9 Å². The number of hydrogen-bond acceptors (Lipinski definition) is 6. The standard InChI is InChI=1S/C13H21N5O2/c1-13(2,3)20-12(19)18-8-6-17(7-9-18)11-15-5-4-10(14)16-11/h4-5H,6-9H2,1-3H3,(H2,14,15,16). The number of ether oxygens (including phenoxy) is 1. The van der Waals surface area contributed by atoms with E-state index in [-0.39, 0.29) is 6.09 Å². The van der Waals surface area contributed by atoms with Crippen molar-refractivity contribution in [2.75, 3.05) is 36.8 Å². The van der Waals surface area contributed by atoms with Crippen LogP contribution in [0.2, 0.25) is 0 Å². The number of nitrogens with zero attached hydrogens (tertiary/aromatic N) is 4. The van der Waals surface area contributed by atoms with Crippen LogP contribution in [-0.4, -0.2) is 52.7 Å². The van der Waals surface area contributed by atoms with Crippen molar-refractivity contribution in [1.29, 1.82) is 0 Å². The van der Waals surface area contributed by atoms with Crippen LogP contribution in [0.15, 0.2) is 12.3 Å². The van der Waals surface area contributed by atoms with Gasteiger partial charge in [0.05, 0.1) is 0 Å². The van der Waals surface area contributed by atoms with Crippen LogP contribution in [-0.2, 0) is 4.74 Å². The first-order valence-corrected chi connectivity index (χ1v) is 6.66. The second-order valence-corrected chi connectivity index (χ2v) is 5.74. The van der Waals surface area contributed by atoms with Gasteiger partial charge in [0, 0.05) is 32.4 Å². The van der Waals surface area contributed by atoms with Crippen LogP contribution in [0.4, 0.5) is 16.6 Å². The summed E-state index contributed by atoms with van der Waals surface area (Å²) in [6.45, 7) is 8.11. The second kappa shape index (κ2) is 5.52. The van der Waals surface area contributed by atoms with Crippen molar-refractivity contribution < 1.29 is 9.53 Å². The van der Waals surface area contributed by atoms with Crippen molar-refractivity contribution in [2.24, 2.45) is 0 Å². The maximum absolute atomic E-state index is 11.9. The number of rotatable bonds is 1. The lowest BCUT2D eigenvalue weighted by molar-refractivity contribution is 0.0240. The fourth-order valence-corrected chi connectivity index (χ4v) is 1.93. The average Bonchev–Trinajstić information content (AvgIpc) is 2.37. The second-order valence-electron chi connectivity index (χ2n) is 5.74. The molecule has 0 radical (unpaired) electrons. The molecule has 0 spiro atoms. The maximum atomic E-state index is 11.9. The largest absolute Gasteiger partial charge is 0.444 e. The number of carbonyl (C=O) groups is 1. The molecule has 1 fully saturated rings. The summed E-state index contributed by atoms with van der Waals surface area (Å²) in [5.41, 5.74) is 5.18. The number of piperazine rings is 1. The van der Waals surface area contributed by atoms with E-state index in [0.29, 0.717) is 37.9 Å². The first-order chi connectivity index (χ1) is 9.35. The molecule has 0 atom stereocenters. The van der Waals surface area contributed by atoms with Gasteiger partial charge in [-0.1, -0.05) is 0 Å². The molecule has 110 valence electrons. The molecular formula is C13H21N5O2. The molecule has 1 saturated heterocycles. The van der Waals surface area contributed by atoms with E-state index in [1.807, 2.05) is 25.7 Å². The summed E-state index contributed by atoms with van der Waals surface area (Å²) in [7, 11) is 0. The summed E-state index contributed by atoms with van der Waals surface area (Å²) in [6.07, 6.45) is 1.36. The Kier molecular flexibility index (Phi) is 3.96. The molecule has 1 aliphatic rings. The van der Waals surface area contributed by atoms with Gasteiger partial charge in [0.2, 0.25) is 5.95 Å². The molecule has 1 aromatic rings. The topological polar surface area (TPSA) is 84.6 Å². The SMILES string of the molecule is CC(C)(C)OC(=O)N1CCN(c2nccc(N)n2)CC1. The molecule has 2 rings (SSSR count). The number of aromatic nitrogens is 2. The van der Waals surface area contributed by atoms with E-state index in [1.165, 1.54) is 0 Å². The van der Waals surface area contributed by atoms with Crippen LogP contribution in [0.5, 0.6) is 0 Å². The molecule has 0 aromatic carbocycles. The van der Waals surface area contributed by atoms with Crippen molar-refractivity contribution in [3.05, 3.63) is 12.3 Å². The van der Waals surface area contributed by atoms with E-state index in [0.717, 1.165) is 0 Å². The van der Waals surface area contributed by atoms with E-state index in [9.17, 15) is 4.79 Å². The summed E-state index contributed by atoms with van der Waals surface area (Å²) in [5.74, 6) is 1.05. The lowest BCUT2D eigenvalue weighted by Crippen LogP contribution is -2.50. The minimum Gasteiger partial charge on any atom is -0.444 e. The van der Waals surface area contributed by atoms with Crippen molar-refractivity contribution in [3.8, 4) is 0 Å². The number of amides is 1. The van der Waals surface area contributed by atoms with Gasteiger partial charge in [-0.15, -0.1) is 0 Å². The van der Waals surface area contributed by atoms with Crippen molar-refractivity contribution in [3.63, 3.8) is 0 Å². The number of hydrogen-bond donors (Lipinski definition) is 1. The molecule has 1 amide bonds. The molecule has 7 nitrogen and oxygen atoms in total. The zero-order chi connectivity index (χ0) is 14.8. The Labute approximate surface area is 118 Å². The molecular weight excluding hydrogens is 258 g/mol. The third-order valence-electron chi connectivity index (χ3n) is 2.88. The first kappa shape index (κ1) is 14.4. The van der Waals surface area contributed by atoms with Crippen LogP contribution in [0.25, 0.3) is 0 Å². The smallest absolute Gasteiger partial charge is 0.410 e. The van der Waals surface area contributed by atoms with Crippen LogP contribution in [0.1, 0.15) is 20.8 Å². The molecule has 1 aromatic heterocycles. The minimum absolute atomic E-state index is 0.273. The molecule has 2 N–H and O–H groups in total. The molecule has 0 unspecified atom stereocenters. The molecule has 0 saturated carbocycles. The summed E-state index contributed by atoms with van der Waals surface area (Å²) in [6, 6.07) is 1.65. The first-order valence-electron chi connectivity index (χ1n) is 6.66. The van der Waals surface area contributed by atoms with Crippen LogP contribution in [0, 0.1) is 0 Å². The van der Waals surface area contributed by atoms with Gasteiger partial charge in [0.15, 0.2) is 0 Å². The molecule has 2 heterocycles. The van der Waals surface area contributed by atoms with E-state index in [2.05, 4.69) is 9.97 Å². The summed E-state index contributed by atoms with van der Waals surface area (Å²) in [5, 5.41) is 0. The van der Waals surface area contributed by atoms with Gasteiger partial charge < -0.3 is 20.3 Å². The predicted molar refractivity (Wildman–Crippen MR) is 76.5 cm³/mol. The number of anilines is 2. The summed E-state index contributed by atoms with van der Waals surface area (Å²) < 4.78 is 5.35. The summed E-state index contributed by atoms with van der Waals surface area (Å²) in [4.78, 5) is 24.0. The van der Waals surface area contributed by atoms with Gasteiger partial charge >= 0.3 is 6.09 Å². The summed E-state index contributed by atoms with van der Waals surface area (Å²) >= 11 is 0. The third kappa shape index (κ3) is 3.72. The van der Waals surface area contributed by atoms with E-state index < -0.39 is 5.60 Å². The Balaban J connectivity index is 1.91. The van der Waals surface area contributed by atoms with Gasteiger partial charge in [-0.2, -0.15) is 4.98 Å². The highest BCUT2D eigenvalue weighted by molar-refractivity contribution is 5.68. The molecule has 0 bridgehead atoms. The molecule has 7 heteroatoms. The third-order valence-corrected chi connectivity index (χ3v) is 2.88. The zero-order valence-corrected chi connectivity index (χ0v) is 12.2. The Morgan fingerprint density at radius 3 is 2.50 bits per heavy atom. The number of nitrogens with two attached hydrogens (primary N) is 1. The van der Waals surface area contributed by atoms with E-state index in [1.54, 1.807) is 17.2 Å². The highest BCUT2D eigenvalue weighted by Crippen LogP contribution is 2.15. The monoisotopic (exact) mass is 279 g/mol. The Hall–Kier alpha value is -2.05. The van der Waals surface area contributed by atoms with Gasteiger partial charge in [-0.25, -0.2) is 9.78 Å². The van der Waals surface area contributed by atoms with Crippen LogP contribution >= 0.6 is 0 Å². The van der Waals surface area contributed by atoms with Gasteiger partial charge in [0.1, 0.15) is 11.4 Å². The van der Waals surface area contributed by atoms with Crippen LogP contribution in [0.3, 0.4) is 0 Å². The van der Waals surface area contributed by atoms with Crippen LogP contribution < -0.4 is 10.6 Å². The van der Waals surface area contributed by atoms with Crippen molar-refractivity contribution in [1.82, 2.24) is 14.9 Å². The predicted octanol–water partition coefficient (Wildman–Crippen LogP) is 1.12. The molecule has 20 heavy (non-hydrogen) atoms. The average molecular weight is 279 g/mol. The Bertz CT molecular complexity index is 478. The van der Waals surface area contributed by atoms with E-state index in [4.69, 9.17) is 10.5 Å². The lowest BCUT2D eigenvalue weighted by Gasteiger charge is -2.35. The molecule has 1 aliphatic heterocycles. The number of nitrogen functional groups attached to an aromatic ring is 1. The van der Waals surface area contributed by atoms with E-state index >= 15 is 0 Å². The fourth-order valence-electron chi connectivity index (χ4n) is 1.93.